The van der Waals surface area contributed by atoms with Crippen LogP contribution in [0.1, 0.15) is 40.5 Å². The maximum Gasteiger partial charge on any atom is -0.171 e. The van der Waals surface area contributed by atoms with Gasteiger partial charge in [0, 0.05) is 0 Å². The molecular weight excluding hydrogens is 503 g/mol. The van der Waals surface area contributed by atoms with E-state index in [1.807, 2.05) is 67.5 Å². The van der Waals surface area contributed by atoms with Gasteiger partial charge in [0.15, 0.2) is 0 Å². The first-order valence-corrected chi connectivity index (χ1v) is 15.2. The smallest absolute Gasteiger partial charge is 0.171 e. The Bertz CT molecular complexity index is 632. The molecule has 0 nitrogen and oxygen atoms in total. The monoisotopic (exact) mass is 532 g/mol. The van der Waals surface area contributed by atoms with Crippen LogP contribution in [-0.2, 0) is 23.3 Å². The fourth-order valence-electron chi connectivity index (χ4n) is 1.92. The number of halogens is 2. The van der Waals surface area contributed by atoms with E-state index < -0.39 is 0 Å². The van der Waals surface area contributed by atoms with Gasteiger partial charge in [0.1, 0.15) is 0 Å². The molecule has 162 valence electrons. The van der Waals surface area contributed by atoms with Gasteiger partial charge >= 0.3 is 30.2 Å². The molecule has 30 heavy (non-hydrogen) atoms. The first kappa shape index (κ1) is 33.7. The Labute approximate surface area is 213 Å². The molecule has 0 saturated carbocycles. The van der Waals surface area contributed by atoms with Crippen molar-refractivity contribution in [1.82, 2.24) is 0 Å². The summed E-state index contributed by atoms with van der Waals surface area (Å²) in [6.07, 6.45) is 12.4. The molecule has 0 spiro atoms. The van der Waals surface area contributed by atoms with E-state index in [0.29, 0.717) is 0 Å². The van der Waals surface area contributed by atoms with Crippen molar-refractivity contribution in [3.05, 3.63) is 119 Å². The van der Waals surface area contributed by atoms with Crippen LogP contribution in [0.5, 0.6) is 0 Å². The van der Waals surface area contributed by atoms with E-state index in [0.717, 1.165) is 12.8 Å². The topological polar surface area (TPSA) is 0 Å². The largest absolute Gasteiger partial charge is 0.184 e. The first-order chi connectivity index (χ1) is 13.6. The quantitative estimate of drug-likeness (QED) is 0.251. The summed E-state index contributed by atoms with van der Waals surface area (Å²) in [6.45, 7) is 10.5. The zero-order valence-corrected chi connectivity index (χ0v) is 23.9. The number of hydrogen-bond acceptors (Lipinski definition) is 0. The summed E-state index contributed by atoms with van der Waals surface area (Å²) in [7, 11) is 0. The van der Waals surface area contributed by atoms with Crippen LogP contribution >= 0.6 is 24.8 Å². The average molecular weight is 535 g/mol. The second-order valence-corrected chi connectivity index (χ2v) is 6.13. The molecule has 4 rings (SSSR count). The molecule has 0 fully saturated rings. The van der Waals surface area contributed by atoms with Crippen molar-refractivity contribution in [2.75, 3.05) is 0 Å². The molecular formula is C26H32Cl2SiZr-4. The van der Waals surface area contributed by atoms with E-state index in [-0.39, 0.29) is 24.8 Å². The van der Waals surface area contributed by atoms with Crippen LogP contribution in [0.4, 0.5) is 0 Å². The molecule has 0 atom stereocenters. The summed E-state index contributed by atoms with van der Waals surface area (Å²) in [5, 5.41) is 0. The van der Waals surface area contributed by atoms with E-state index >= 15 is 0 Å². The predicted molar refractivity (Wildman–Crippen MR) is 135 cm³/mol. The second kappa shape index (κ2) is 24.4. The first-order valence-electron chi connectivity index (χ1n) is 9.24. The Morgan fingerprint density at radius 1 is 0.600 bits per heavy atom. The summed E-state index contributed by atoms with van der Waals surface area (Å²) >= 11 is 1.58. The minimum absolute atomic E-state index is 0. The molecule has 0 radical (unpaired) electrons. The van der Waals surface area contributed by atoms with Gasteiger partial charge in [0.05, 0.1) is 0 Å². The van der Waals surface area contributed by atoms with Gasteiger partial charge in [-0.3, -0.25) is 12.2 Å². The third kappa shape index (κ3) is 19.1. The van der Waals surface area contributed by atoms with E-state index in [1.54, 1.807) is 23.3 Å². The van der Waals surface area contributed by atoms with Crippen LogP contribution in [-0.4, -0.2) is 6.88 Å². The fourth-order valence-corrected chi connectivity index (χ4v) is 1.92. The molecule has 2 aliphatic rings. The van der Waals surface area contributed by atoms with Crippen LogP contribution in [0.15, 0.2) is 95.1 Å². The molecule has 2 aliphatic carbocycles. The number of allylic oxidation sites excluding steroid dienone is 8. The van der Waals surface area contributed by atoms with Gasteiger partial charge in [0.25, 0.3) is 0 Å². The standard InChI is InChI=1S/2C7H9.2C6H5.2ClH.H2Si.Zr/c2*1-6-4-3-5-7(6)2;2*1-2-4-6-5-3-1;;;;/h2*4H,5H2,1-2H3;2*1-5H;2*1H;1H2;/q4*-1;;;;. The molecule has 0 heterocycles. The van der Waals surface area contributed by atoms with Crippen molar-refractivity contribution in [3.63, 3.8) is 0 Å². The fraction of sp³-hybridized carbons (Fsp3) is 0.231. The number of benzene rings is 2. The molecule has 0 aliphatic heterocycles. The molecule has 0 unspecified atom stereocenters. The molecule has 0 bridgehead atoms. The minimum atomic E-state index is 0. The Balaban J connectivity index is -0.000000309. The summed E-state index contributed by atoms with van der Waals surface area (Å²) in [5.74, 6) is 0. The Hall–Kier alpha value is -0.920. The van der Waals surface area contributed by atoms with Crippen LogP contribution in [0.25, 0.3) is 0 Å². The summed E-state index contributed by atoms with van der Waals surface area (Å²) in [4.78, 5) is 0. The summed E-state index contributed by atoms with van der Waals surface area (Å²) < 4.78 is 0. The van der Waals surface area contributed by atoms with Gasteiger partial charge in [-0.15, -0.1) is 51.5 Å². The van der Waals surface area contributed by atoms with Gasteiger partial charge in [-0.05, 0) is 0 Å². The van der Waals surface area contributed by atoms with Crippen molar-refractivity contribution in [2.24, 2.45) is 0 Å². The SMILES string of the molecule is CC1=C(C)C[C-]=C1.CC1=C(C)C[C-]=C1.Cl.Cl.[SiH2]=[Zr].[c-]1ccccc1.[c-]1ccccc1. The van der Waals surface area contributed by atoms with Crippen molar-refractivity contribution < 1.29 is 23.3 Å². The molecule has 0 aromatic heterocycles. The van der Waals surface area contributed by atoms with Crippen LogP contribution in [0.2, 0.25) is 0 Å². The minimum Gasteiger partial charge on any atom is -0.184 e. The van der Waals surface area contributed by atoms with Gasteiger partial charge in [0.2, 0.25) is 0 Å². The Morgan fingerprint density at radius 3 is 0.967 bits per heavy atom. The third-order valence-electron chi connectivity index (χ3n) is 3.93. The van der Waals surface area contributed by atoms with E-state index in [1.165, 1.54) is 22.3 Å². The van der Waals surface area contributed by atoms with Gasteiger partial charge in [-0.2, -0.15) is 83.9 Å². The molecule has 0 N–H and O–H groups in total. The molecule has 2 aromatic rings. The summed E-state index contributed by atoms with van der Waals surface area (Å²) in [6, 6.07) is 25.0. The second-order valence-electron chi connectivity index (χ2n) is 6.13. The normalized spacial score (nSPS) is 12.2. The van der Waals surface area contributed by atoms with Gasteiger partial charge in [-0.1, -0.05) is 13.8 Å². The predicted octanol–water partition coefficient (Wildman–Crippen LogP) is 7.07. The Kier molecular flexibility index (Phi) is 27.4. The number of hydrogen-bond donors (Lipinski definition) is 0. The zero-order chi connectivity index (χ0) is 21.0. The van der Waals surface area contributed by atoms with Crippen LogP contribution < -0.4 is 0 Å². The summed E-state index contributed by atoms with van der Waals surface area (Å²) in [5.41, 5.74) is 5.69. The maximum absolute atomic E-state index is 3.12. The van der Waals surface area contributed by atoms with E-state index in [9.17, 15) is 0 Å². The molecule has 4 heteroatoms. The van der Waals surface area contributed by atoms with Crippen LogP contribution in [0, 0.1) is 24.3 Å². The van der Waals surface area contributed by atoms with Crippen molar-refractivity contribution >= 4 is 31.7 Å². The maximum atomic E-state index is 3.12. The van der Waals surface area contributed by atoms with Crippen molar-refractivity contribution in [2.45, 2.75) is 40.5 Å². The zero-order valence-electron chi connectivity index (χ0n) is 18.4. The molecule has 0 saturated heterocycles. The molecule has 2 aromatic carbocycles. The number of rotatable bonds is 0. The van der Waals surface area contributed by atoms with Gasteiger partial charge in [-0.25, -0.2) is 23.3 Å². The molecule has 0 amide bonds. The van der Waals surface area contributed by atoms with E-state index in [2.05, 4.69) is 64.1 Å². The van der Waals surface area contributed by atoms with Gasteiger partial charge < -0.3 is 0 Å². The van der Waals surface area contributed by atoms with E-state index in [4.69, 9.17) is 0 Å². The van der Waals surface area contributed by atoms with Crippen molar-refractivity contribution in [1.29, 1.82) is 0 Å². The van der Waals surface area contributed by atoms with Crippen molar-refractivity contribution in [3.8, 4) is 0 Å². The average Bonchev–Trinajstić information content (AvgIpc) is 3.34. The third-order valence-corrected chi connectivity index (χ3v) is 3.93. The Morgan fingerprint density at radius 2 is 0.900 bits per heavy atom. The van der Waals surface area contributed by atoms with Crippen LogP contribution in [0.3, 0.4) is 0 Å².